The third kappa shape index (κ3) is 5.41. The first-order chi connectivity index (χ1) is 13.8. The second kappa shape index (κ2) is 8.55. The normalized spacial score (nSPS) is 11.0. The number of benzene rings is 2. The Morgan fingerprint density at radius 3 is 2.34 bits per heavy atom. The number of halogens is 3. The molecular weight excluding hydrogens is 385 g/mol. The van der Waals surface area contributed by atoms with Gasteiger partial charge in [0.25, 0.3) is 5.91 Å². The summed E-state index contributed by atoms with van der Waals surface area (Å²) in [5.41, 5.74) is -0.0434. The molecule has 0 saturated heterocycles. The average Bonchev–Trinajstić information content (AvgIpc) is 2.72. The van der Waals surface area contributed by atoms with Gasteiger partial charge in [-0.2, -0.15) is 13.2 Å². The van der Waals surface area contributed by atoms with E-state index in [4.69, 9.17) is 4.74 Å². The number of ether oxygens (including phenoxy) is 1. The Hall–Kier alpha value is -3.68. The molecule has 2 aromatic carbocycles. The molecule has 29 heavy (non-hydrogen) atoms. The van der Waals surface area contributed by atoms with Gasteiger partial charge in [-0.25, -0.2) is 4.79 Å². The summed E-state index contributed by atoms with van der Waals surface area (Å²) >= 11 is 0. The molecule has 5 nitrogen and oxygen atoms in total. The molecule has 1 N–H and O–H groups in total. The third-order valence-electron chi connectivity index (χ3n) is 3.89. The molecule has 3 aromatic rings. The Bertz CT molecular complexity index is 1000. The Morgan fingerprint density at radius 1 is 0.931 bits per heavy atom. The molecule has 0 aliphatic carbocycles. The van der Waals surface area contributed by atoms with Gasteiger partial charge in [-0.05, 0) is 35.9 Å². The van der Waals surface area contributed by atoms with Crippen LogP contribution < -0.4 is 10.1 Å². The smallest absolute Gasteiger partial charge is 0.423 e. The van der Waals surface area contributed by atoms with Crippen molar-refractivity contribution in [2.75, 3.05) is 0 Å². The minimum Gasteiger partial charge on any atom is -0.423 e. The molecule has 0 atom stereocenters. The summed E-state index contributed by atoms with van der Waals surface area (Å²) in [5, 5.41) is 2.75. The maximum absolute atomic E-state index is 12.5. The molecule has 0 unspecified atom stereocenters. The molecule has 0 saturated carbocycles. The summed E-state index contributed by atoms with van der Waals surface area (Å²) in [7, 11) is 0. The second-order valence-electron chi connectivity index (χ2n) is 6.02. The number of esters is 1. The van der Waals surface area contributed by atoms with Crippen LogP contribution in [0.2, 0.25) is 0 Å². The lowest BCUT2D eigenvalue weighted by Crippen LogP contribution is -2.22. The summed E-state index contributed by atoms with van der Waals surface area (Å²) in [5.74, 6) is -1.15. The first kappa shape index (κ1) is 20.1. The Labute approximate surface area is 164 Å². The van der Waals surface area contributed by atoms with E-state index in [1.807, 2.05) is 30.3 Å². The lowest BCUT2D eigenvalue weighted by Gasteiger charge is -2.09. The molecule has 148 valence electrons. The number of alkyl halides is 3. The largest absolute Gasteiger partial charge is 0.433 e. The number of hydrogen-bond donors (Lipinski definition) is 1. The zero-order chi connectivity index (χ0) is 20.9. The van der Waals surface area contributed by atoms with Crippen molar-refractivity contribution in [2.24, 2.45) is 0 Å². The van der Waals surface area contributed by atoms with Gasteiger partial charge in [0.05, 0.1) is 5.56 Å². The number of rotatable bonds is 5. The van der Waals surface area contributed by atoms with Gasteiger partial charge in [0, 0.05) is 18.3 Å². The Kier molecular flexibility index (Phi) is 5.92. The van der Waals surface area contributed by atoms with Crippen molar-refractivity contribution in [1.29, 1.82) is 0 Å². The van der Waals surface area contributed by atoms with E-state index in [-0.39, 0.29) is 22.8 Å². The minimum absolute atomic E-state index is 0.0854. The van der Waals surface area contributed by atoms with Crippen LogP contribution in [0.4, 0.5) is 13.2 Å². The number of amides is 1. The fourth-order valence-electron chi connectivity index (χ4n) is 2.43. The molecule has 1 heterocycles. The summed E-state index contributed by atoms with van der Waals surface area (Å²) in [6.07, 6.45) is -3.80. The first-order valence-corrected chi connectivity index (χ1v) is 8.50. The average molecular weight is 400 g/mol. The Morgan fingerprint density at radius 2 is 1.69 bits per heavy atom. The van der Waals surface area contributed by atoms with Crippen molar-refractivity contribution >= 4 is 11.9 Å². The van der Waals surface area contributed by atoms with Gasteiger partial charge in [0.15, 0.2) is 0 Å². The summed E-state index contributed by atoms with van der Waals surface area (Å²) in [4.78, 5) is 27.6. The monoisotopic (exact) mass is 400 g/mol. The summed E-state index contributed by atoms with van der Waals surface area (Å²) in [6, 6.07) is 16.9. The van der Waals surface area contributed by atoms with Crippen LogP contribution >= 0.6 is 0 Å². The van der Waals surface area contributed by atoms with Crippen molar-refractivity contribution in [1.82, 2.24) is 10.3 Å². The number of nitrogens with one attached hydrogen (secondary N) is 1. The predicted molar refractivity (Wildman–Crippen MR) is 98.3 cm³/mol. The quantitative estimate of drug-likeness (QED) is 0.514. The number of aromatic nitrogens is 1. The van der Waals surface area contributed by atoms with Crippen molar-refractivity contribution in [2.45, 2.75) is 12.7 Å². The molecule has 0 bridgehead atoms. The van der Waals surface area contributed by atoms with Gasteiger partial charge in [0.2, 0.25) is 0 Å². The van der Waals surface area contributed by atoms with E-state index in [9.17, 15) is 22.8 Å². The number of hydrogen-bond acceptors (Lipinski definition) is 4. The van der Waals surface area contributed by atoms with Crippen LogP contribution in [0, 0.1) is 0 Å². The van der Waals surface area contributed by atoms with Gasteiger partial charge < -0.3 is 10.1 Å². The van der Waals surface area contributed by atoms with Crippen molar-refractivity contribution in [3.05, 3.63) is 95.3 Å². The molecule has 3 rings (SSSR count). The van der Waals surface area contributed by atoms with Crippen LogP contribution in [0.3, 0.4) is 0 Å². The molecule has 1 aromatic heterocycles. The fourth-order valence-corrected chi connectivity index (χ4v) is 2.43. The van der Waals surface area contributed by atoms with Crippen LogP contribution in [0.1, 0.15) is 32.0 Å². The number of carbonyl (C=O) groups excluding carboxylic acids is 2. The molecule has 8 heteroatoms. The number of nitrogens with zero attached hydrogens (tertiary/aromatic N) is 1. The minimum atomic E-state index is -4.59. The highest BCUT2D eigenvalue weighted by Crippen LogP contribution is 2.27. The van der Waals surface area contributed by atoms with E-state index in [0.717, 1.165) is 17.8 Å². The number of pyridine rings is 1. The standard InChI is InChI=1S/C21H15F3N2O3/c22-21(23,24)18-10-9-16(13-25-18)20(28)29-17-8-4-7-15(11-17)19(27)26-12-14-5-2-1-3-6-14/h1-11,13H,12H2,(H,26,27). The zero-order valence-corrected chi connectivity index (χ0v) is 14.9. The molecular formula is C21H15F3N2O3. The molecule has 1 amide bonds. The maximum Gasteiger partial charge on any atom is 0.433 e. The molecule has 0 fully saturated rings. The van der Waals surface area contributed by atoms with E-state index >= 15 is 0 Å². The van der Waals surface area contributed by atoms with Gasteiger partial charge in [-0.1, -0.05) is 36.4 Å². The molecule has 0 spiro atoms. The van der Waals surface area contributed by atoms with E-state index < -0.39 is 17.8 Å². The summed E-state index contributed by atoms with van der Waals surface area (Å²) in [6.45, 7) is 0.334. The molecule has 0 aliphatic heterocycles. The van der Waals surface area contributed by atoms with E-state index in [1.165, 1.54) is 18.2 Å². The highest BCUT2D eigenvalue weighted by atomic mass is 19.4. The highest BCUT2D eigenvalue weighted by molar-refractivity contribution is 5.95. The predicted octanol–water partition coefficient (Wildman–Crippen LogP) is 4.25. The maximum atomic E-state index is 12.5. The van der Waals surface area contributed by atoms with Crippen LogP contribution in [0.5, 0.6) is 5.75 Å². The van der Waals surface area contributed by atoms with E-state index in [2.05, 4.69) is 10.3 Å². The van der Waals surface area contributed by atoms with Crippen LogP contribution in [0.25, 0.3) is 0 Å². The topological polar surface area (TPSA) is 68.3 Å². The number of carbonyl (C=O) groups is 2. The third-order valence-corrected chi connectivity index (χ3v) is 3.89. The van der Waals surface area contributed by atoms with E-state index in [1.54, 1.807) is 6.07 Å². The van der Waals surface area contributed by atoms with Crippen LogP contribution in [-0.4, -0.2) is 16.9 Å². The zero-order valence-electron chi connectivity index (χ0n) is 14.9. The summed E-state index contributed by atoms with van der Waals surface area (Å²) < 4.78 is 42.8. The SMILES string of the molecule is O=C(NCc1ccccc1)c1cccc(OC(=O)c2ccc(C(F)(F)F)nc2)c1. The molecule has 0 aliphatic rings. The van der Waals surface area contributed by atoms with Gasteiger partial charge in [0.1, 0.15) is 11.4 Å². The van der Waals surface area contributed by atoms with E-state index in [0.29, 0.717) is 12.6 Å². The molecule has 0 radical (unpaired) electrons. The first-order valence-electron chi connectivity index (χ1n) is 8.50. The highest BCUT2D eigenvalue weighted by Gasteiger charge is 2.32. The second-order valence-corrected chi connectivity index (χ2v) is 6.02. The Balaban J connectivity index is 1.64. The van der Waals surface area contributed by atoms with Crippen LogP contribution in [-0.2, 0) is 12.7 Å². The fraction of sp³-hybridized carbons (Fsp3) is 0.0952. The van der Waals surface area contributed by atoms with Crippen molar-refractivity contribution in [3.63, 3.8) is 0 Å². The lowest BCUT2D eigenvalue weighted by molar-refractivity contribution is -0.141. The van der Waals surface area contributed by atoms with Gasteiger partial charge in [-0.15, -0.1) is 0 Å². The van der Waals surface area contributed by atoms with Crippen molar-refractivity contribution in [3.8, 4) is 5.75 Å². The van der Waals surface area contributed by atoms with Gasteiger partial charge >= 0.3 is 12.1 Å². The van der Waals surface area contributed by atoms with Crippen LogP contribution in [0.15, 0.2) is 72.9 Å². The lowest BCUT2D eigenvalue weighted by atomic mass is 10.2. The van der Waals surface area contributed by atoms with Crippen molar-refractivity contribution < 1.29 is 27.5 Å². The van der Waals surface area contributed by atoms with Gasteiger partial charge in [-0.3, -0.25) is 9.78 Å².